The average Bonchev–Trinajstić information content (AvgIpc) is 3.22. The summed E-state index contributed by atoms with van der Waals surface area (Å²) in [6, 6.07) is -0.696. The van der Waals surface area contributed by atoms with Crippen LogP contribution in [0.15, 0.2) is 12.2 Å². The van der Waals surface area contributed by atoms with Gasteiger partial charge in [-0.25, -0.2) is 0 Å². The molecule has 3 unspecified atom stereocenters. The molecule has 3 atom stereocenters. The van der Waals surface area contributed by atoms with Crippen molar-refractivity contribution in [3.8, 4) is 0 Å². The van der Waals surface area contributed by atoms with E-state index in [2.05, 4.69) is 38.2 Å². The number of carbonyl (C=O) groups excluding carboxylic acids is 2. The van der Waals surface area contributed by atoms with Gasteiger partial charge in [0.1, 0.15) is 6.10 Å². The Bertz CT molecular complexity index is 878. The van der Waals surface area contributed by atoms with E-state index in [4.69, 9.17) is 4.74 Å². The van der Waals surface area contributed by atoms with E-state index < -0.39 is 18.2 Å². The number of rotatable bonds is 47. The molecular weight excluding hydrogens is 719 g/mol. The minimum Gasteiger partial charge on any atom is -0.462 e. The van der Waals surface area contributed by atoms with Gasteiger partial charge >= 0.3 is 5.97 Å². The van der Waals surface area contributed by atoms with Crippen LogP contribution in [-0.2, 0) is 14.3 Å². The molecule has 3 N–H and O–H groups in total. The molecular formula is C52H101NO5. The van der Waals surface area contributed by atoms with E-state index in [9.17, 15) is 19.8 Å². The van der Waals surface area contributed by atoms with Gasteiger partial charge in [-0.15, -0.1) is 0 Å². The molecule has 0 rings (SSSR count). The van der Waals surface area contributed by atoms with Crippen molar-refractivity contribution in [2.75, 3.05) is 6.61 Å². The molecule has 0 aliphatic carbocycles. The fourth-order valence-electron chi connectivity index (χ4n) is 8.12. The molecule has 6 nitrogen and oxygen atoms in total. The number of allylic oxidation sites excluding steroid dienone is 2. The molecule has 58 heavy (non-hydrogen) atoms. The first kappa shape index (κ1) is 56.6. The number of nitrogens with one attached hydrogen (secondary N) is 1. The van der Waals surface area contributed by atoms with Crippen LogP contribution in [0, 0.1) is 0 Å². The second-order valence-electron chi connectivity index (χ2n) is 17.9. The summed E-state index contributed by atoms with van der Waals surface area (Å²) in [6.45, 7) is 6.47. The van der Waals surface area contributed by atoms with Gasteiger partial charge in [0.05, 0.1) is 25.2 Å². The van der Waals surface area contributed by atoms with E-state index in [1.807, 2.05) is 0 Å². The first-order valence-corrected chi connectivity index (χ1v) is 25.9. The summed E-state index contributed by atoms with van der Waals surface area (Å²) in [7, 11) is 0. The lowest BCUT2D eigenvalue weighted by Gasteiger charge is -2.24. The smallest absolute Gasteiger partial charge is 0.306 e. The van der Waals surface area contributed by atoms with Gasteiger partial charge in [-0.1, -0.05) is 238 Å². The van der Waals surface area contributed by atoms with Gasteiger partial charge in [0.25, 0.3) is 0 Å². The van der Waals surface area contributed by atoms with Crippen LogP contribution in [0.5, 0.6) is 0 Å². The van der Waals surface area contributed by atoms with Crippen molar-refractivity contribution in [2.45, 2.75) is 302 Å². The summed E-state index contributed by atoms with van der Waals surface area (Å²) >= 11 is 0. The molecule has 1 amide bonds. The first-order chi connectivity index (χ1) is 28.5. The number of amides is 1. The molecule has 0 spiro atoms. The van der Waals surface area contributed by atoms with E-state index in [0.717, 1.165) is 51.4 Å². The summed E-state index contributed by atoms with van der Waals surface area (Å²) in [5.74, 6) is -0.469. The largest absolute Gasteiger partial charge is 0.462 e. The Hall–Kier alpha value is -1.40. The molecule has 6 heteroatoms. The highest BCUT2D eigenvalue weighted by Gasteiger charge is 2.24. The quantitative estimate of drug-likeness (QED) is 0.0323. The molecule has 0 aromatic rings. The van der Waals surface area contributed by atoms with Gasteiger partial charge in [0.15, 0.2) is 0 Å². The molecule has 0 saturated heterocycles. The van der Waals surface area contributed by atoms with Crippen LogP contribution in [-0.4, -0.2) is 46.9 Å². The Balaban J connectivity index is 4.47. The highest BCUT2D eigenvalue weighted by molar-refractivity contribution is 5.77. The molecule has 0 aliphatic rings. The predicted octanol–water partition coefficient (Wildman–Crippen LogP) is 15.3. The number of unbranched alkanes of at least 4 members (excludes halogenated alkanes) is 33. The van der Waals surface area contributed by atoms with E-state index in [-0.39, 0.29) is 24.9 Å². The fourth-order valence-corrected chi connectivity index (χ4v) is 8.12. The van der Waals surface area contributed by atoms with Crippen LogP contribution in [0.3, 0.4) is 0 Å². The third-order valence-electron chi connectivity index (χ3n) is 12.1. The minimum atomic E-state index is -0.782. The molecule has 0 fully saturated rings. The molecule has 0 saturated carbocycles. The second-order valence-corrected chi connectivity index (χ2v) is 17.9. The molecule has 0 heterocycles. The Labute approximate surface area is 361 Å². The highest BCUT2D eigenvalue weighted by atomic mass is 16.5. The van der Waals surface area contributed by atoms with Crippen molar-refractivity contribution in [2.24, 2.45) is 0 Å². The number of ether oxygens (including phenoxy) is 1. The van der Waals surface area contributed by atoms with Crippen LogP contribution in [0.25, 0.3) is 0 Å². The van der Waals surface area contributed by atoms with Crippen LogP contribution in [0.2, 0.25) is 0 Å². The van der Waals surface area contributed by atoms with Crippen molar-refractivity contribution >= 4 is 11.9 Å². The van der Waals surface area contributed by atoms with Gasteiger partial charge < -0.3 is 20.3 Å². The van der Waals surface area contributed by atoms with Crippen LogP contribution >= 0.6 is 0 Å². The summed E-state index contributed by atoms with van der Waals surface area (Å²) in [5.41, 5.74) is 0. The summed E-state index contributed by atoms with van der Waals surface area (Å²) in [6.07, 6.45) is 51.3. The molecule has 0 aromatic heterocycles. The topological polar surface area (TPSA) is 95.9 Å². The molecule has 0 aromatic carbocycles. The summed E-state index contributed by atoms with van der Waals surface area (Å²) < 4.78 is 5.92. The first-order valence-electron chi connectivity index (χ1n) is 25.9. The second kappa shape index (κ2) is 46.7. The monoisotopic (exact) mass is 820 g/mol. The lowest BCUT2D eigenvalue weighted by atomic mass is 10.0. The maximum absolute atomic E-state index is 13.2. The van der Waals surface area contributed by atoms with E-state index >= 15 is 0 Å². The van der Waals surface area contributed by atoms with Crippen molar-refractivity contribution in [3.05, 3.63) is 12.2 Å². The van der Waals surface area contributed by atoms with Crippen molar-refractivity contribution in [1.29, 1.82) is 0 Å². The maximum Gasteiger partial charge on any atom is 0.306 e. The average molecular weight is 820 g/mol. The standard InChI is InChI=1S/C52H101NO5/c1-4-7-10-13-16-19-22-24-25-26-27-30-32-35-38-41-44-50(55)49(47-54)53-51(56)46-48(43-40-37-34-31-29-23-20-17-14-11-8-5-2)58-52(57)45-42-39-36-33-28-21-18-15-12-9-6-3/h15,18,48-50,54-55H,4-14,16-17,19-47H2,1-3H3,(H,53,56)/b18-15-. The van der Waals surface area contributed by atoms with Crippen LogP contribution in [0.4, 0.5) is 0 Å². The summed E-state index contributed by atoms with van der Waals surface area (Å²) in [4.78, 5) is 26.1. The summed E-state index contributed by atoms with van der Waals surface area (Å²) in [5, 5.41) is 23.8. The van der Waals surface area contributed by atoms with Crippen molar-refractivity contribution in [3.63, 3.8) is 0 Å². The Morgan fingerprint density at radius 2 is 0.845 bits per heavy atom. The number of aliphatic hydroxyl groups excluding tert-OH is 2. The van der Waals surface area contributed by atoms with Gasteiger partial charge in [0.2, 0.25) is 5.91 Å². The van der Waals surface area contributed by atoms with Crippen LogP contribution < -0.4 is 5.32 Å². The minimum absolute atomic E-state index is 0.0812. The Kier molecular flexibility index (Phi) is 45.5. The zero-order valence-electron chi connectivity index (χ0n) is 39.2. The third kappa shape index (κ3) is 41.3. The predicted molar refractivity (Wildman–Crippen MR) is 250 cm³/mol. The van der Waals surface area contributed by atoms with Crippen molar-refractivity contribution in [1.82, 2.24) is 5.32 Å². The molecule has 344 valence electrons. The molecule has 0 radical (unpaired) electrons. The fraction of sp³-hybridized carbons (Fsp3) is 0.923. The van der Waals surface area contributed by atoms with Gasteiger partial charge in [-0.2, -0.15) is 0 Å². The SMILES string of the molecule is CCCC/C=C\CCCCCCCC(=O)OC(CCCCCCCCCCCCCC)CC(=O)NC(CO)C(O)CCCCCCCCCCCCCCCCCC. The van der Waals surface area contributed by atoms with Crippen molar-refractivity contribution < 1.29 is 24.5 Å². The number of aliphatic hydroxyl groups is 2. The lowest BCUT2D eigenvalue weighted by Crippen LogP contribution is -2.46. The number of hydrogen-bond acceptors (Lipinski definition) is 5. The van der Waals surface area contributed by atoms with E-state index in [1.54, 1.807) is 0 Å². The Morgan fingerprint density at radius 3 is 1.28 bits per heavy atom. The van der Waals surface area contributed by atoms with Gasteiger partial charge in [-0.3, -0.25) is 9.59 Å². The lowest BCUT2D eigenvalue weighted by molar-refractivity contribution is -0.151. The zero-order chi connectivity index (χ0) is 42.4. The van der Waals surface area contributed by atoms with Crippen LogP contribution in [0.1, 0.15) is 284 Å². The molecule has 0 bridgehead atoms. The highest BCUT2D eigenvalue weighted by Crippen LogP contribution is 2.18. The molecule has 0 aliphatic heterocycles. The number of esters is 1. The van der Waals surface area contributed by atoms with E-state index in [0.29, 0.717) is 19.3 Å². The number of carbonyl (C=O) groups is 2. The zero-order valence-corrected chi connectivity index (χ0v) is 39.2. The van der Waals surface area contributed by atoms with Gasteiger partial charge in [-0.05, 0) is 44.9 Å². The number of hydrogen-bond donors (Lipinski definition) is 3. The van der Waals surface area contributed by atoms with E-state index in [1.165, 1.54) is 186 Å². The Morgan fingerprint density at radius 1 is 0.483 bits per heavy atom. The van der Waals surface area contributed by atoms with Gasteiger partial charge in [0, 0.05) is 6.42 Å². The maximum atomic E-state index is 13.2. The third-order valence-corrected chi connectivity index (χ3v) is 12.1. The normalized spacial score (nSPS) is 13.3.